The quantitative estimate of drug-likeness (QED) is 0.836. The first kappa shape index (κ1) is 16.2. The summed E-state index contributed by atoms with van der Waals surface area (Å²) in [5.41, 5.74) is 1.07. The van der Waals surface area contributed by atoms with Crippen molar-refractivity contribution in [1.29, 1.82) is 0 Å². The molecule has 1 aromatic rings. The van der Waals surface area contributed by atoms with Crippen LogP contribution in [0.4, 0.5) is 8.78 Å². The number of benzene rings is 1. The molecule has 0 aromatic heterocycles. The van der Waals surface area contributed by atoms with E-state index in [1.807, 2.05) is 12.1 Å². The van der Waals surface area contributed by atoms with Gasteiger partial charge in [0.15, 0.2) is 0 Å². The first-order valence-corrected chi connectivity index (χ1v) is 7.63. The van der Waals surface area contributed by atoms with Gasteiger partial charge in [0, 0.05) is 19.1 Å². The predicted octanol–water partition coefficient (Wildman–Crippen LogP) is 3.25. The summed E-state index contributed by atoms with van der Waals surface area (Å²) in [5, 5.41) is 3.43. The first-order chi connectivity index (χ1) is 10.1. The molecule has 3 nitrogen and oxygen atoms in total. The number of alkyl halides is 2. The van der Waals surface area contributed by atoms with Crippen LogP contribution < -0.4 is 10.1 Å². The van der Waals surface area contributed by atoms with Crippen LogP contribution in [-0.2, 0) is 6.54 Å². The lowest BCUT2D eigenvalue weighted by Gasteiger charge is -2.32. The van der Waals surface area contributed by atoms with E-state index < -0.39 is 6.61 Å². The fourth-order valence-corrected chi connectivity index (χ4v) is 2.70. The lowest BCUT2D eigenvalue weighted by molar-refractivity contribution is -0.0498. The Balaban J connectivity index is 1.70. The van der Waals surface area contributed by atoms with Crippen molar-refractivity contribution >= 4 is 0 Å². The Morgan fingerprint density at radius 2 is 1.81 bits per heavy atom. The zero-order chi connectivity index (χ0) is 15.1. The van der Waals surface area contributed by atoms with E-state index in [9.17, 15) is 8.78 Å². The molecule has 0 aliphatic carbocycles. The number of rotatable bonds is 7. The summed E-state index contributed by atoms with van der Waals surface area (Å²) >= 11 is 0. The summed E-state index contributed by atoms with van der Waals surface area (Å²) in [4.78, 5) is 2.52. The second-order valence-electron chi connectivity index (χ2n) is 5.60. The van der Waals surface area contributed by atoms with E-state index in [-0.39, 0.29) is 5.75 Å². The third-order valence-electron chi connectivity index (χ3n) is 3.93. The van der Waals surface area contributed by atoms with Crippen molar-refractivity contribution in [1.82, 2.24) is 10.2 Å². The number of likely N-dealkylation sites (tertiary alicyclic amines) is 1. The largest absolute Gasteiger partial charge is 0.435 e. The number of piperidine rings is 1. The smallest absolute Gasteiger partial charge is 0.387 e. The lowest BCUT2D eigenvalue weighted by atomic mass is 10.1. The number of nitrogens with zero attached hydrogens (tertiary/aromatic N) is 1. The Kier molecular flexibility index (Phi) is 6.39. The van der Waals surface area contributed by atoms with E-state index in [1.54, 1.807) is 12.1 Å². The maximum Gasteiger partial charge on any atom is 0.387 e. The highest BCUT2D eigenvalue weighted by Crippen LogP contribution is 2.15. The van der Waals surface area contributed by atoms with Crippen LogP contribution >= 0.6 is 0 Å². The SMILES string of the molecule is CC(CNCc1ccc(OC(F)F)cc1)N1CCCCC1. The minimum Gasteiger partial charge on any atom is -0.435 e. The van der Waals surface area contributed by atoms with Crippen molar-refractivity contribution < 1.29 is 13.5 Å². The number of ether oxygens (including phenoxy) is 1. The molecule has 1 atom stereocenters. The topological polar surface area (TPSA) is 24.5 Å². The minimum atomic E-state index is -2.76. The number of nitrogens with one attached hydrogen (secondary N) is 1. The molecule has 0 saturated carbocycles. The summed E-state index contributed by atoms with van der Waals surface area (Å²) in [6.45, 7) is 3.56. The molecule has 1 aromatic carbocycles. The molecule has 1 unspecified atom stereocenters. The van der Waals surface area contributed by atoms with Crippen molar-refractivity contribution in [2.24, 2.45) is 0 Å². The summed E-state index contributed by atoms with van der Waals surface area (Å²) < 4.78 is 28.4. The molecule has 0 radical (unpaired) electrons. The molecule has 0 spiro atoms. The molecule has 1 fully saturated rings. The third kappa shape index (κ3) is 5.59. The number of hydrogen-bond acceptors (Lipinski definition) is 3. The fraction of sp³-hybridized carbons (Fsp3) is 0.625. The second kappa shape index (κ2) is 8.29. The first-order valence-electron chi connectivity index (χ1n) is 7.63. The molecule has 21 heavy (non-hydrogen) atoms. The Morgan fingerprint density at radius 3 is 2.43 bits per heavy atom. The van der Waals surface area contributed by atoms with Crippen LogP contribution in [0.1, 0.15) is 31.7 Å². The Hall–Kier alpha value is -1.20. The maximum atomic E-state index is 12.1. The molecular formula is C16H24F2N2O. The molecule has 0 bridgehead atoms. The van der Waals surface area contributed by atoms with Crippen molar-refractivity contribution in [3.05, 3.63) is 29.8 Å². The molecule has 1 aliphatic rings. The monoisotopic (exact) mass is 298 g/mol. The lowest BCUT2D eigenvalue weighted by Crippen LogP contribution is -2.42. The fourth-order valence-electron chi connectivity index (χ4n) is 2.70. The van der Waals surface area contributed by atoms with Gasteiger partial charge in [0.05, 0.1) is 0 Å². The Bertz CT molecular complexity index is 405. The van der Waals surface area contributed by atoms with Gasteiger partial charge >= 0.3 is 6.61 Å². The van der Waals surface area contributed by atoms with Crippen LogP contribution in [-0.4, -0.2) is 37.2 Å². The van der Waals surface area contributed by atoms with Gasteiger partial charge in [-0.05, 0) is 50.6 Å². The Labute approximate surface area is 125 Å². The number of hydrogen-bond donors (Lipinski definition) is 1. The van der Waals surface area contributed by atoms with Gasteiger partial charge in [-0.15, -0.1) is 0 Å². The van der Waals surface area contributed by atoms with Gasteiger partial charge < -0.3 is 10.1 Å². The van der Waals surface area contributed by atoms with Crippen LogP contribution in [0.25, 0.3) is 0 Å². The molecule has 1 heterocycles. The van der Waals surface area contributed by atoms with Crippen molar-refractivity contribution in [2.75, 3.05) is 19.6 Å². The van der Waals surface area contributed by atoms with Gasteiger partial charge in [0.1, 0.15) is 5.75 Å². The predicted molar refractivity (Wildman–Crippen MR) is 79.7 cm³/mol. The summed E-state index contributed by atoms with van der Waals surface area (Å²) in [6, 6.07) is 7.33. The Morgan fingerprint density at radius 1 is 1.14 bits per heavy atom. The van der Waals surface area contributed by atoms with Crippen LogP contribution in [0.2, 0.25) is 0 Å². The maximum absolute atomic E-state index is 12.1. The second-order valence-corrected chi connectivity index (χ2v) is 5.60. The summed E-state index contributed by atoms with van der Waals surface area (Å²) in [5.74, 6) is 0.204. The molecule has 5 heteroatoms. The zero-order valence-electron chi connectivity index (χ0n) is 12.5. The number of halogens is 2. The van der Waals surface area contributed by atoms with Gasteiger partial charge in [-0.1, -0.05) is 18.6 Å². The van der Waals surface area contributed by atoms with E-state index >= 15 is 0 Å². The van der Waals surface area contributed by atoms with Crippen molar-refractivity contribution in [3.8, 4) is 5.75 Å². The van der Waals surface area contributed by atoms with E-state index in [0.717, 1.165) is 18.7 Å². The summed E-state index contributed by atoms with van der Waals surface area (Å²) in [7, 11) is 0. The molecular weight excluding hydrogens is 274 g/mol. The van der Waals surface area contributed by atoms with Gasteiger partial charge in [-0.25, -0.2) is 0 Å². The van der Waals surface area contributed by atoms with E-state index in [1.165, 1.54) is 32.4 Å². The third-order valence-corrected chi connectivity index (χ3v) is 3.93. The van der Waals surface area contributed by atoms with Crippen molar-refractivity contribution in [2.45, 2.75) is 45.4 Å². The average molecular weight is 298 g/mol. The van der Waals surface area contributed by atoms with Gasteiger partial charge in [0.2, 0.25) is 0 Å². The van der Waals surface area contributed by atoms with E-state index in [2.05, 4.69) is 21.9 Å². The van der Waals surface area contributed by atoms with Crippen LogP contribution in [0.15, 0.2) is 24.3 Å². The summed E-state index contributed by atoms with van der Waals surface area (Å²) in [6.07, 6.45) is 3.95. The van der Waals surface area contributed by atoms with Gasteiger partial charge in [-0.3, -0.25) is 4.90 Å². The molecule has 1 N–H and O–H groups in total. The van der Waals surface area contributed by atoms with Crippen molar-refractivity contribution in [3.63, 3.8) is 0 Å². The molecule has 1 aliphatic heterocycles. The molecule has 118 valence electrons. The standard InChI is InChI=1S/C16H24F2N2O/c1-13(20-9-3-2-4-10-20)11-19-12-14-5-7-15(8-6-14)21-16(17)18/h5-8,13,16,19H,2-4,9-12H2,1H3. The van der Waals surface area contributed by atoms with Gasteiger partial charge in [-0.2, -0.15) is 8.78 Å². The van der Waals surface area contributed by atoms with Crippen LogP contribution in [0.5, 0.6) is 5.75 Å². The molecule has 0 amide bonds. The normalized spacial score (nSPS) is 17.9. The van der Waals surface area contributed by atoms with Crippen LogP contribution in [0.3, 0.4) is 0 Å². The molecule has 2 rings (SSSR count). The van der Waals surface area contributed by atoms with E-state index in [0.29, 0.717) is 6.04 Å². The van der Waals surface area contributed by atoms with E-state index in [4.69, 9.17) is 0 Å². The highest BCUT2D eigenvalue weighted by atomic mass is 19.3. The highest BCUT2D eigenvalue weighted by molar-refractivity contribution is 5.27. The van der Waals surface area contributed by atoms with Crippen LogP contribution in [0, 0.1) is 0 Å². The van der Waals surface area contributed by atoms with Gasteiger partial charge in [0.25, 0.3) is 0 Å². The highest BCUT2D eigenvalue weighted by Gasteiger charge is 2.15. The minimum absolute atomic E-state index is 0.204. The zero-order valence-corrected chi connectivity index (χ0v) is 12.5. The molecule has 1 saturated heterocycles. The average Bonchev–Trinajstić information content (AvgIpc) is 2.49.